The molecule has 43 heavy (non-hydrogen) atoms. The van der Waals surface area contributed by atoms with Crippen LogP contribution in [0.2, 0.25) is 0 Å². The van der Waals surface area contributed by atoms with Crippen molar-refractivity contribution in [3.8, 4) is 0 Å². The highest BCUT2D eigenvalue weighted by Crippen LogP contribution is 2.68. The molecule has 3 unspecified atom stereocenters. The number of rotatable bonds is 16. The Hall–Kier alpha value is -0.290. The van der Waals surface area contributed by atoms with Crippen molar-refractivity contribution in [2.24, 2.45) is 58.0 Å². The van der Waals surface area contributed by atoms with E-state index in [0.717, 1.165) is 84.0 Å². The maximum atomic E-state index is 11.9. The number of unbranched alkanes of at least 4 members (excludes halogenated alkanes) is 1. The van der Waals surface area contributed by atoms with Crippen molar-refractivity contribution in [2.75, 3.05) is 26.2 Å². The Morgan fingerprint density at radius 3 is 2.35 bits per heavy atom. The van der Waals surface area contributed by atoms with E-state index in [4.69, 9.17) is 9.92 Å². The molecule has 4 aliphatic rings. The zero-order chi connectivity index (χ0) is 32.3. The van der Waals surface area contributed by atoms with Gasteiger partial charge in [-0.2, -0.15) is 8.42 Å². The SMILES string of the molecule is [2H][C@@]1(O)C[C@H]2C[C@@H](NCCCNCCCCN)CC[C@]2(C)C2CC[C@@]3(C)C(CC[C@@H]3[C@H](C)CC[C@@H](OS(=O)(=O)O)C(C)C)C21. The summed E-state index contributed by atoms with van der Waals surface area (Å²) >= 11 is 0. The van der Waals surface area contributed by atoms with Crippen molar-refractivity contribution in [3.63, 3.8) is 0 Å². The molecule has 4 rings (SSSR count). The molecule has 11 atom stereocenters. The molecule has 252 valence electrons. The van der Waals surface area contributed by atoms with Gasteiger partial charge in [0.05, 0.1) is 13.6 Å². The smallest absolute Gasteiger partial charge is 0.393 e. The zero-order valence-electron chi connectivity index (χ0n) is 28.8. The minimum absolute atomic E-state index is 0.0143. The number of hydrogen-bond donors (Lipinski definition) is 5. The molecular formula is C34H65N3O5S. The van der Waals surface area contributed by atoms with E-state index in [1.165, 1.54) is 12.8 Å². The van der Waals surface area contributed by atoms with Crippen LogP contribution in [0, 0.1) is 52.3 Å². The molecule has 8 nitrogen and oxygen atoms in total. The van der Waals surface area contributed by atoms with E-state index >= 15 is 0 Å². The molecule has 0 aliphatic heterocycles. The number of fused-ring (bicyclic) bond motifs is 5. The van der Waals surface area contributed by atoms with Gasteiger partial charge in [-0.05, 0) is 162 Å². The standard InChI is InChI=1S/C34H65N3O5S/c1-23(2)31(42-43(39,40)41)12-9-24(3)27-10-11-28-32-29(14-16-34(27,28)5)33(4)15-13-26(21-25(33)22-30(32)38)37-20-8-19-36-18-7-6-17-35/h23-32,36-38H,6-22,35H2,1-5H3,(H,39,40,41)/t24-,25-,26+,27-,28?,29?,30-,31-,32?,33+,34-/m1/s1/i30D. The molecule has 4 saturated carbocycles. The zero-order valence-corrected chi connectivity index (χ0v) is 28.6. The first-order chi connectivity index (χ1) is 20.6. The molecule has 0 heterocycles. The third kappa shape index (κ3) is 8.36. The molecule has 0 radical (unpaired) electrons. The van der Waals surface area contributed by atoms with Crippen LogP contribution in [0.3, 0.4) is 0 Å². The molecule has 4 fully saturated rings. The molecule has 0 aromatic heterocycles. The van der Waals surface area contributed by atoms with Gasteiger partial charge in [0.2, 0.25) is 0 Å². The summed E-state index contributed by atoms with van der Waals surface area (Å²) in [6.07, 6.45) is 11.2. The fourth-order valence-corrected chi connectivity index (χ4v) is 11.1. The molecule has 4 aliphatic carbocycles. The maximum absolute atomic E-state index is 11.9. The number of aliphatic hydroxyl groups is 1. The van der Waals surface area contributed by atoms with Gasteiger partial charge in [-0.3, -0.25) is 4.55 Å². The van der Waals surface area contributed by atoms with E-state index in [0.29, 0.717) is 48.5 Å². The summed E-state index contributed by atoms with van der Waals surface area (Å²) in [4.78, 5) is 0. The summed E-state index contributed by atoms with van der Waals surface area (Å²) < 4.78 is 46.5. The van der Waals surface area contributed by atoms with Crippen molar-refractivity contribution in [1.29, 1.82) is 0 Å². The van der Waals surface area contributed by atoms with Crippen LogP contribution in [-0.4, -0.2) is 62.5 Å². The lowest BCUT2D eigenvalue weighted by atomic mass is 9.43. The molecule has 0 spiro atoms. The van der Waals surface area contributed by atoms with Crippen LogP contribution in [0.5, 0.6) is 0 Å². The second kappa shape index (κ2) is 15.1. The van der Waals surface area contributed by atoms with Crippen molar-refractivity contribution in [2.45, 2.75) is 136 Å². The molecule has 0 amide bonds. The fourth-order valence-electron chi connectivity index (χ4n) is 10.4. The summed E-state index contributed by atoms with van der Waals surface area (Å²) in [5.74, 6) is 1.97. The Balaban J connectivity index is 1.35. The van der Waals surface area contributed by atoms with Gasteiger partial charge in [0.25, 0.3) is 0 Å². The summed E-state index contributed by atoms with van der Waals surface area (Å²) in [6, 6.07) is 0.475. The van der Waals surface area contributed by atoms with E-state index in [2.05, 4.69) is 31.4 Å². The largest absolute Gasteiger partial charge is 0.397 e. The van der Waals surface area contributed by atoms with E-state index < -0.39 is 22.6 Å². The van der Waals surface area contributed by atoms with Crippen molar-refractivity contribution < 1.29 is 23.6 Å². The normalized spacial score (nSPS) is 41.3. The van der Waals surface area contributed by atoms with E-state index in [1.54, 1.807) is 0 Å². The van der Waals surface area contributed by atoms with E-state index in [1.807, 2.05) is 13.8 Å². The van der Waals surface area contributed by atoms with E-state index in [9.17, 15) is 19.4 Å². The van der Waals surface area contributed by atoms with Gasteiger partial charge < -0.3 is 21.5 Å². The highest BCUT2D eigenvalue weighted by molar-refractivity contribution is 7.80. The lowest BCUT2D eigenvalue weighted by Gasteiger charge is -2.62. The topological polar surface area (TPSA) is 134 Å². The fraction of sp³-hybridized carbons (Fsp3) is 1.00. The minimum atomic E-state index is -4.48. The van der Waals surface area contributed by atoms with Crippen LogP contribution in [0.15, 0.2) is 0 Å². The molecule has 6 N–H and O–H groups in total. The monoisotopic (exact) mass is 628 g/mol. The van der Waals surface area contributed by atoms with Gasteiger partial charge in [0, 0.05) is 6.04 Å². The van der Waals surface area contributed by atoms with Crippen molar-refractivity contribution in [1.82, 2.24) is 10.6 Å². The third-order valence-corrected chi connectivity index (χ3v) is 13.4. The summed E-state index contributed by atoms with van der Waals surface area (Å²) in [6.45, 7) is 14.9. The average molecular weight is 629 g/mol. The maximum Gasteiger partial charge on any atom is 0.397 e. The van der Waals surface area contributed by atoms with Crippen LogP contribution in [0.4, 0.5) is 0 Å². The van der Waals surface area contributed by atoms with Gasteiger partial charge >= 0.3 is 10.4 Å². The minimum Gasteiger partial charge on any atom is -0.393 e. The Morgan fingerprint density at radius 1 is 0.953 bits per heavy atom. The Labute approximate surface area is 264 Å². The van der Waals surface area contributed by atoms with Crippen LogP contribution >= 0.6 is 0 Å². The number of nitrogens with one attached hydrogen (secondary N) is 2. The van der Waals surface area contributed by atoms with Crippen LogP contribution in [-0.2, 0) is 14.6 Å². The van der Waals surface area contributed by atoms with Crippen LogP contribution < -0.4 is 16.4 Å². The lowest BCUT2D eigenvalue weighted by molar-refractivity contribution is -0.167. The summed E-state index contributed by atoms with van der Waals surface area (Å²) in [5.41, 5.74) is 5.84. The molecule has 9 heteroatoms. The predicted octanol–water partition coefficient (Wildman–Crippen LogP) is 5.55. The van der Waals surface area contributed by atoms with Crippen LogP contribution in [0.1, 0.15) is 119 Å². The molecular weight excluding hydrogens is 562 g/mol. The van der Waals surface area contributed by atoms with Gasteiger partial charge in [-0.15, -0.1) is 0 Å². The first kappa shape index (κ1) is 34.1. The lowest BCUT2D eigenvalue weighted by Crippen LogP contribution is -2.59. The average Bonchev–Trinajstić information content (AvgIpc) is 3.29. The molecule has 0 aromatic carbocycles. The number of hydrogen-bond acceptors (Lipinski definition) is 7. The van der Waals surface area contributed by atoms with Gasteiger partial charge in [0.15, 0.2) is 0 Å². The second-order valence-corrected chi connectivity index (χ2v) is 16.8. The van der Waals surface area contributed by atoms with Crippen molar-refractivity contribution in [3.05, 3.63) is 0 Å². The van der Waals surface area contributed by atoms with Gasteiger partial charge in [-0.25, -0.2) is 4.18 Å². The van der Waals surface area contributed by atoms with Gasteiger partial charge in [-0.1, -0.05) is 34.6 Å². The Bertz CT molecular complexity index is 1030. The molecule has 0 bridgehead atoms. The quantitative estimate of drug-likeness (QED) is 0.111. The summed E-state index contributed by atoms with van der Waals surface area (Å²) in [7, 11) is -4.48. The third-order valence-electron chi connectivity index (χ3n) is 12.9. The summed E-state index contributed by atoms with van der Waals surface area (Å²) in [5, 5.41) is 19.2. The first-order valence-corrected chi connectivity index (χ1v) is 19.0. The highest BCUT2D eigenvalue weighted by atomic mass is 32.3. The predicted molar refractivity (Wildman–Crippen MR) is 174 cm³/mol. The second-order valence-electron chi connectivity index (χ2n) is 15.8. The van der Waals surface area contributed by atoms with Gasteiger partial charge in [0.1, 0.15) is 0 Å². The first-order valence-electron chi connectivity index (χ1n) is 18.1. The highest BCUT2D eigenvalue weighted by Gasteiger charge is 2.62. The Morgan fingerprint density at radius 2 is 1.65 bits per heavy atom. The van der Waals surface area contributed by atoms with E-state index in [-0.39, 0.29) is 22.7 Å². The van der Waals surface area contributed by atoms with Crippen molar-refractivity contribution >= 4 is 10.4 Å². The number of nitrogens with two attached hydrogens (primary N) is 1. The molecule has 0 aromatic rings. The van der Waals surface area contributed by atoms with Crippen LogP contribution in [0.25, 0.3) is 0 Å². The molecule has 0 saturated heterocycles. The Kier molecular flexibility index (Phi) is 11.9.